The number of aromatic nitrogens is 3. The number of unbranched alkanes of at least 4 members (excludes halogenated alkanes) is 1. The summed E-state index contributed by atoms with van der Waals surface area (Å²) in [5.41, 5.74) is 8.62. The lowest BCUT2D eigenvalue weighted by molar-refractivity contribution is 0.499. The molecule has 0 spiro atoms. The molecule has 0 bridgehead atoms. The van der Waals surface area contributed by atoms with Crippen molar-refractivity contribution in [2.24, 2.45) is 5.14 Å². The van der Waals surface area contributed by atoms with E-state index in [1.165, 1.54) is 0 Å². The molecular formula is C22H27N5O2S. The van der Waals surface area contributed by atoms with Crippen LogP contribution in [0.2, 0.25) is 0 Å². The molecule has 2 heterocycles. The molecule has 4 rings (SSSR count). The maximum absolute atomic E-state index is 12.5. The Labute approximate surface area is 176 Å². The minimum Gasteiger partial charge on any atom is -0.382 e. The van der Waals surface area contributed by atoms with Gasteiger partial charge in [0.2, 0.25) is 10.0 Å². The van der Waals surface area contributed by atoms with E-state index < -0.39 is 14.8 Å². The second-order valence-corrected chi connectivity index (χ2v) is 9.75. The maximum atomic E-state index is 12.5. The van der Waals surface area contributed by atoms with Gasteiger partial charge < -0.3 is 10.3 Å². The molecule has 4 N–H and O–H groups in total. The number of imidazole rings is 1. The fourth-order valence-corrected chi connectivity index (χ4v) is 5.13. The molecule has 0 amide bonds. The summed E-state index contributed by atoms with van der Waals surface area (Å²) >= 11 is 0. The van der Waals surface area contributed by atoms with E-state index >= 15 is 0 Å². The van der Waals surface area contributed by atoms with E-state index in [4.69, 9.17) is 15.9 Å². The number of primary sulfonamides is 1. The van der Waals surface area contributed by atoms with Crippen LogP contribution in [-0.2, 0) is 23.0 Å². The number of benzene rings is 1. The van der Waals surface area contributed by atoms with Crippen LogP contribution in [0.3, 0.4) is 0 Å². The van der Waals surface area contributed by atoms with Crippen molar-refractivity contribution in [3.8, 4) is 0 Å². The molecule has 1 aliphatic carbocycles. The van der Waals surface area contributed by atoms with Crippen LogP contribution >= 0.6 is 0 Å². The summed E-state index contributed by atoms with van der Waals surface area (Å²) in [5, 5.41) is 6.62. The fourth-order valence-electron chi connectivity index (χ4n) is 4.16. The first-order chi connectivity index (χ1) is 14.4. The topological polar surface area (TPSA) is 117 Å². The van der Waals surface area contributed by atoms with Crippen LogP contribution in [-0.4, -0.2) is 27.7 Å². The third-order valence-electron chi connectivity index (χ3n) is 5.88. The average molecular weight is 426 g/mol. The standard InChI is InChI=1S/C22H27N5O2S/c1-2-3-11-18-26-19-20(16-9-5-6-10-17(16)25-21(19)23)27(18)15-14-22(30(24,28)29)12-7-4-8-13-22/h4-10,12H,2-3,11,13-15H2,1H3,(H2,23,25)(H2,24,28,29). The van der Waals surface area contributed by atoms with Gasteiger partial charge in [0, 0.05) is 18.4 Å². The van der Waals surface area contributed by atoms with E-state index in [1.54, 1.807) is 12.2 Å². The lowest BCUT2D eigenvalue weighted by Gasteiger charge is -2.29. The van der Waals surface area contributed by atoms with Crippen molar-refractivity contribution in [1.82, 2.24) is 14.5 Å². The Hall–Kier alpha value is -2.71. The van der Waals surface area contributed by atoms with Crippen molar-refractivity contribution in [1.29, 1.82) is 0 Å². The Balaban J connectivity index is 1.86. The number of hydrogen-bond donors (Lipinski definition) is 2. The predicted octanol–water partition coefficient (Wildman–Crippen LogP) is 3.44. The number of aryl methyl sites for hydroxylation is 2. The number of fused-ring (bicyclic) bond motifs is 3. The van der Waals surface area contributed by atoms with Crippen molar-refractivity contribution in [2.75, 3.05) is 5.73 Å². The zero-order valence-electron chi connectivity index (χ0n) is 17.1. The van der Waals surface area contributed by atoms with Gasteiger partial charge >= 0.3 is 0 Å². The predicted molar refractivity (Wildman–Crippen MR) is 121 cm³/mol. The number of allylic oxidation sites excluding steroid dienone is 3. The van der Waals surface area contributed by atoms with Crippen molar-refractivity contribution in [2.45, 2.75) is 50.3 Å². The molecule has 2 aromatic heterocycles. The van der Waals surface area contributed by atoms with Gasteiger partial charge in [-0.15, -0.1) is 0 Å². The Morgan fingerprint density at radius 1 is 1.20 bits per heavy atom. The van der Waals surface area contributed by atoms with Crippen LogP contribution in [0.15, 0.2) is 48.6 Å². The summed E-state index contributed by atoms with van der Waals surface area (Å²) in [6, 6.07) is 7.82. The SMILES string of the molecule is CCCCc1nc2c(N)nc3ccccc3c2n1CCC1(S(N)(=O)=O)C=CC=CC1. The van der Waals surface area contributed by atoms with Gasteiger partial charge in [-0.2, -0.15) is 0 Å². The van der Waals surface area contributed by atoms with Crippen LogP contribution in [0.5, 0.6) is 0 Å². The Morgan fingerprint density at radius 2 is 2.00 bits per heavy atom. The molecule has 158 valence electrons. The Morgan fingerprint density at radius 3 is 2.70 bits per heavy atom. The number of nitrogens with zero attached hydrogens (tertiary/aromatic N) is 3. The zero-order valence-corrected chi connectivity index (χ0v) is 17.9. The molecule has 7 nitrogen and oxygen atoms in total. The lowest BCUT2D eigenvalue weighted by atomic mass is 9.96. The monoisotopic (exact) mass is 425 g/mol. The number of anilines is 1. The fraction of sp³-hybridized carbons (Fsp3) is 0.364. The average Bonchev–Trinajstić information content (AvgIpc) is 3.10. The van der Waals surface area contributed by atoms with E-state index in [0.29, 0.717) is 30.7 Å². The van der Waals surface area contributed by atoms with Gasteiger partial charge in [0.25, 0.3) is 0 Å². The molecule has 8 heteroatoms. The van der Waals surface area contributed by atoms with E-state index in [9.17, 15) is 8.42 Å². The van der Waals surface area contributed by atoms with Gasteiger partial charge in [-0.1, -0.05) is 55.8 Å². The molecule has 0 radical (unpaired) electrons. The minimum absolute atomic E-state index is 0.355. The number of rotatable bonds is 7. The van der Waals surface area contributed by atoms with Gasteiger partial charge in [0.15, 0.2) is 5.82 Å². The summed E-state index contributed by atoms with van der Waals surface area (Å²) in [4.78, 5) is 9.32. The second-order valence-electron chi connectivity index (χ2n) is 7.85. The van der Waals surface area contributed by atoms with Crippen molar-refractivity contribution in [3.63, 3.8) is 0 Å². The van der Waals surface area contributed by atoms with Crippen molar-refractivity contribution in [3.05, 3.63) is 54.4 Å². The Bertz CT molecular complexity index is 1260. The molecule has 0 saturated heterocycles. The van der Waals surface area contributed by atoms with E-state index in [2.05, 4.69) is 16.5 Å². The third kappa shape index (κ3) is 3.50. The molecule has 1 unspecified atom stereocenters. The Kier molecular flexibility index (Phi) is 5.38. The quantitative estimate of drug-likeness (QED) is 0.601. The normalized spacial score (nSPS) is 19.1. The first-order valence-electron chi connectivity index (χ1n) is 10.3. The van der Waals surface area contributed by atoms with Gasteiger partial charge in [-0.25, -0.2) is 23.5 Å². The molecule has 1 aromatic carbocycles. The van der Waals surface area contributed by atoms with E-state index in [1.807, 2.05) is 36.4 Å². The molecule has 0 aliphatic heterocycles. The number of hydrogen-bond acceptors (Lipinski definition) is 5. The van der Waals surface area contributed by atoms with Crippen LogP contribution < -0.4 is 10.9 Å². The van der Waals surface area contributed by atoms with Crippen LogP contribution in [0.1, 0.15) is 38.4 Å². The number of nitrogens with two attached hydrogens (primary N) is 2. The highest BCUT2D eigenvalue weighted by molar-refractivity contribution is 7.90. The van der Waals surface area contributed by atoms with Gasteiger partial charge in [-0.05, 0) is 25.3 Å². The van der Waals surface area contributed by atoms with Gasteiger partial charge in [-0.3, -0.25) is 0 Å². The minimum atomic E-state index is -3.78. The first-order valence-corrected chi connectivity index (χ1v) is 11.8. The molecule has 0 saturated carbocycles. The molecular weight excluding hydrogens is 398 g/mol. The summed E-state index contributed by atoms with van der Waals surface area (Å²) in [7, 11) is -3.78. The highest BCUT2D eigenvalue weighted by Gasteiger charge is 2.39. The summed E-state index contributed by atoms with van der Waals surface area (Å²) in [5.74, 6) is 1.29. The van der Waals surface area contributed by atoms with Gasteiger partial charge in [0.05, 0.1) is 11.0 Å². The molecule has 1 aliphatic rings. The highest BCUT2D eigenvalue weighted by Crippen LogP contribution is 2.33. The van der Waals surface area contributed by atoms with E-state index in [-0.39, 0.29) is 0 Å². The third-order valence-corrected chi connectivity index (χ3v) is 7.52. The first kappa shape index (κ1) is 20.6. The highest BCUT2D eigenvalue weighted by atomic mass is 32.2. The smallest absolute Gasteiger partial charge is 0.218 e. The van der Waals surface area contributed by atoms with Crippen molar-refractivity contribution >= 4 is 37.8 Å². The van der Waals surface area contributed by atoms with Crippen LogP contribution in [0, 0.1) is 0 Å². The maximum Gasteiger partial charge on any atom is 0.218 e. The van der Waals surface area contributed by atoms with Gasteiger partial charge in [0.1, 0.15) is 16.1 Å². The zero-order chi connectivity index (χ0) is 21.4. The lowest BCUT2D eigenvalue weighted by Crippen LogP contribution is -2.43. The number of para-hydroxylation sites is 1. The number of nitrogen functional groups attached to an aromatic ring is 1. The molecule has 1 atom stereocenters. The summed E-state index contributed by atoms with van der Waals surface area (Å²) in [6.07, 6.45) is 10.7. The number of pyridine rings is 1. The molecule has 3 aromatic rings. The largest absolute Gasteiger partial charge is 0.382 e. The molecule has 0 fully saturated rings. The summed E-state index contributed by atoms with van der Waals surface area (Å²) in [6.45, 7) is 2.60. The van der Waals surface area contributed by atoms with Crippen molar-refractivity contribution < 1.29 is 8.42 Å². The number of sulfonamides is 1. The second kappa shape index (κ2) is 7.85. The van der Waals surface area contributed by atoms with Crippen LogP contribution in [0.4, 0.5) is 5.82 Å². The summed E-state index contributed by atoms with van der Waals surface area (Å²) < 4.78 is 26.0. The van der Waals surface area contributed by atoms with Crippen LogP contribution in [0.25, 0.3) is 21.9 Å². The molecule has 30 heavy (non-hydrogen) atoms. The van der Waals surface area contributed by atoms with E-state index in [0.717, 1.165) is 41.5 Å².